The first-order chi connectivity index (χ1) is 7.81. The van der Waals surface area contributed by atoms with Crippen molar-refractivity contribution < 1.29 is 13.9 Å². The zero-order chi connectivity index (χ0) is 11.4. The van der Waals surface area contributed by atoms with Gasteiger partial charge in [-0.15, -0.1) is 11.8 Å². The van der Waals surface area contributed by atoms with Crippen LogP contribution in [0.3, 0.4) is 0 Å². The number of thioether (sulfide) groups is 1. The Morgan fingerprint density at radius 2 is 2.44 bits per heavy atom. The number of hydrogen-bond acceptors (Lipinski definition) is 3. The molecule has 86 valence electrons. The Kier molecular flexibility index (Phi) is 3.96. The van der Waals surface area contributed by atoms with Crippen LogP contribution in [0.15, 0.2) is 23.1 Å². The van der Waals surface area contributed by atoms with Gasteiger partial charge in [0.15, 0.2) is 6.29 Å². The Labute approximate surface area is 98.2 Å². The summed E-state index contributed by atoms with van der Waals surface area (Å²) in [6, 6.07) is 4.70. The lowest BCUT2D eigenvalue weighted by Gasteiger charge is -2.10. The van der Waals surface area contributed by atoms with Crippen LogP contribution in [-0.4, -0.2) is 24.7 Å². The first kappa shape index (κ1) is 11.6. The average Bonchev–Trinajstić information content (AvgIpc) is 2.79. The van der Waals surface area contributed by atoms with Gasteiger partial charge in [-0.3, -0.25) is 4.79 Å². The Morgan fingerprint density at radius 1 is 1.56 bits per heavy atom. The molecule has 2 nitrogen and oxygen atoms in total. The molecule has 0 N–H and O–H groups in total. The van der Waals surface area contributed by atoms with Gasteiger partial charge in [0, 0.05) is 17.3 Å². The first-order valence-corrected chi connectivity index (χ1v) is 6.28. The summed E-state index contributed by atoms with van der Waals surface area (Å²) in [7, 11) is 0. The van der Waals surface area contributed by atoms with Crippen molar-refractivity contribution in [3.05, 3.63) is 29.6 Å². The highest BCUT2D eigenvalue weighted by Gasteiger charge is 2.17. The van der Waals surface area contributed by atoms with E-state index in [0.29, 0.717) is 11.2 Å². The number of hydrogen-bond donors (Lipinski definition) is 0. The molecule has 1 fully saturated rings. The Morgan fingerprint density at radius 3 is 3.12 bits per heavy atom. The van der Waals surface area contributed by atoms with Crippen LogP contribution in [0.2, 0.25) is 0 Å². The fourth-order valence-electron chi connectivity index (χ4n) is 1.72. The van der Waals surface area contributed by atoms with E-state index in [1.807, 2.05) is 0 Å². The molecule has 2 rings (SSSR count). The molecule has 0 saturated carbocycles. The summed E-state index contributed by atoms with van der Waals surface area (Å²) in [5.41, 5.74) is 0.158. The summed E-state index contributed by atoms with van der Waals surface area (Å²) in [4.78, 5) is 11.5. The molecule has 1 aromatic rings. The SMILES string of the molecule is O=Cc1c(F)cccc1SCC1CCCO1. The number of carbonyl (C=O) groups is 1. The molecule has 1 aromatic carbocycles. The van der Waals surface area contributed by atoms with E-state index in [2.05, 4.69) is 0 Å². The summed E-state index contributed by atoms with van der Waals surface area (Å²) in [6.45, 7) is 0.814. The third kappa shape index (κ3) is 2.62. The largest absolute Gasteiger partial charge is 0.377 e. The van der Waals surface area contributed by atoms with Crippen LogP contribution in [0.5, 0.6) is 0 Å². The number of ether oxygens (including phenoxy) is 1. The highest BCUT2D eigenvalue weighted by molar-refractivity contribution is 7.99. The number of rotatable bonds is 4. The average molecular weight is 240 g/mol. The van der Waals surface area contributed by atoms with Crippen molar-refractivity contribution in [1.82, 2.24) is 0 Å². The minimum atomic E-state index is -0.452. The highest BCUT2D eigenvalue weighted by Crippen LogP contribution is 2.27. The third-order valence-corrected chi connectivity index (χ3v) is 3.78. The van der Waals surface area contributed by atoms with Gasteiger partial charge >= 0.3 is 0 Å². The predicted octanol–water partition coefficient (Wildman–Crippen LogP) is 2.91. The van der Waals surface area contributed by atoms with Crippen molar-refractivity contribution in [3.8, 4) is 0 Å². The maximum Gasteiger partial charge on any atom is 0.154 e. The zero-order valence-electron chi connectivity index (χ0n) is 8.82. The van der Waals surface area contributed by atoms with Gasteiger partial charge in [0.2, 0.25) is 0 Å². The predicted molar refractivity (Wildman–Crippen MR) is 61.5 cm³/mol. The van der Waals surface area contributed by atoms with E-state index in [0.717, 1.165) is 25.2 Å². The first-order valence-electron chi connectivity index (χ1n) is 5.29. The molecule has 1 atom stereocenters. The lowest BCUT2D eigenvalue weighted by Crippen LogP contribution is -2.08. The van der Waals surface area contributed by atoms with Gasteiger partial charge in [-0.1, -0.05) is 6.07 Å². The Hall–Kier alpha value is -0.870. The van der Waals surface area contributed by atoms with Gasteiger partial charge in [-0.05, 0) is 25.0 Å². The van der Waals surface area contributed by atoms with Crippen LogP contribution in [0.1, 0.15) is 23.2 Å². The summed E-state index contributed by atoms with van der Waals surface area (Å²) < 4.78 is 18.8. The van der Waals surface area contributed by atoms with Gasteiger partial charge in [0.05, 0.1) is 11.7 Å². The van der Waals surface area contributed by atoms with Crippen LogP contribution in [-0.2, 0) is 4.74 Å². The highest BCUT2D eigenvalue weighted by atomic mass is 32.2. The van der Waals surface area contributed by atoms with Gasteiger partial charge in [0.25, 0.3) is 0 Å². The van der Waals surface area contributed by atoms with E-state index >= 15 is 0 Å². The molecule has 1 aliphatic rings. The lowest BCUT2D eigenvalue weighted by atomic mass is 10.2. The van der Waals surface area contributed by atoms with Gasteiger partial charge in [0.1, 0.15) is 5.82 Å². The Balaban J connectivity index is 2.02. The van der Waals surface area contributed by atoms with E-state index in [9.17, 15) is 9.18 Å². The maximum atomic E-state index is 13.3. The van der Waals surface area contributed by atoms with Crippen LogP contribution >= 0.6 is 11.8 Å². The third-order valence-electron chi connectivity index (χ3n) is 2.58. The summed E-state index contributed by atoms with van der Waals surface area (Å²) >= 11 is 1.49. The van der Waals surface area contributed by atoms with Gasteiger partial charge < -0.3 is 4.74 Å². The zero-order valence-corrected chi connectivity index (χ0v) is 9.63. The van der Waals surface area contributed by atoms with E-state index in [-0.39, 0.29) is 11.7 Å². The van der Waals surface area contributed by atoms with Crippen molar-refractivity contribution in [3.63, 3.8) is 0 Å². The number of benzene rings is 1. The second kappa shape index (κ2) is 5.46. The summed E-state index contributed by atoms with van der Waals surface area (Å²) in [6.07, 6.45) is 2.97. The van der Waals surface area contributed by atoms with E-state index in [1.54, 1.807) is 12.1 Å². The molecule has 0 bridgehead atoms. The van der Waals surface area contributed by atoms with Crippen LogP contribution < -0.4 is 0 Å². The van der Waals surface area contributed by atoms with Crippen LogP contribution in [0, 0.1) is 5.82 Å². The van der Waals surface area contributed by atoms with Crippen molar-refractivity contribution in [2.75, 3.05) is 12.4 Å². The topological polar surface area (TPSA) is 26.3 Å². The Bertz CT molecular complexity index is 375. The van der Waals surface area contributed by atoms with E-state index in [4.69, 9.17) is 4.74 Å². The quantitative estimate of drug-likeness (QED) is 0.598. The molecule has 1 heterocycles. The number of halogens is 1. The second-order valence-corrected chi connectivity index (χ2v) is 4.78. The molecule has 1 aliphatic heterocycles. The van der Waals surface area contributed by atoms with Crippen LogP contribution in [0.25, 0.3) is 0 Å². The number of aldehydes is 1. The number of carbonyl (C=O) groups excluding carboxylic acids is 1. The molecular formula is C12H13FO2S. The molecule has 4 heteroatoms. The summed E-state index contributed by atoms with van der Waals surface area (Å²) in [5.74, 6) is 0.331. The molecule has 0 amide bonds. The second-order valence-electron chi connectivity index (χ2n) is 3.72. The van der Waals surface area contributed by atoms with Crippen LogP contribution in [0.4, 0.5) is 4.39 Å². The minimum Gasteiger partial charge on any atom is -0.377 e. The fraction of sp³-hybridized carbons (Fsp3) is 0.417. The lowest BCUT2D eigenvalue weighted by molar-refractivity contribution is 0.111. The van der Waals surface area contributed by atoms with Crippen molar-refractivity contribution in [1.29, 1.82) is 0 Å². The molecule has 1 saturated heterocycles. The van der Waals surface area contributed by atoms with E-state index in [1.165, 1.54) is 17.8 Å². The smallest absolute Gasteiger partial charge is 0.154 e. The van der Waals surface area contributed by atoms with Crippen molar-refractivity contribution >= 4 is 18.0 Å². The maximum absolute atomic E-state index is 13.3. The van der Waals surface area contributed by atoms with Gasteiger partial charge in [-0.2, -0.15) is 0 Å². The molecule has 0 radical (unpaired) electrons. The summed E-state index contributed by atoms with van der Waals surface area (Å²) in [5, 5.41) is 0. The minimum absolute atomic E-state index is 0.158. The molecule has 0 aliphatic carbocycles. The van der Waals surface area contributed by atoms with Gasteiger partial charge in [-0.25, -0.2) is 4.39 Å². The fourth-order valence-corrected chi connectivity index (χ4v) is 2.82. The van der Waals surface area contributed by atoms with Crippen molar-refractivity contribution in [2.24, 2.45) is 0 Å². The normalized spacial score (nSPS) is 19.9. The molecule has 0 aromatic heterocycles. The van der Waals surface area contributed by atoms with E-state index < -0.39 is 5.82 Å². The molecule has 16 heavy (non-hydrogen) atoms. The standard InChI is InChI=1S/C12H13FO2S/c13-11-4-1-5-12(10(11)7-14)16-8-9-3-2-6-15-9/h1,4-5,7,9H,2-3,6,8H2. The van der Waals surface area contributed by atoms with Crippen molar-refractivity contribution in [2.45, 2.75) is 23.8 Å². The molecular weight excluding hydrogens is 227 g/mol. The molecule has 0 spiro atoms. The monoisotopic (exact) mass is 240 g/mol. The molecule has 1 unspecified atom stereocenters.